The van der Waals surface area contributed by atoms with Crippen LogP contribution in [0.15, 0.2) is 0 Å². The minimum absolute atomic E-state index is 0.612. The van der Waals surface area contributed by atoms with Crippen molar-refractivity contribution in [3.05, 3.63) is 0 Å². The Labute approximate surface area is 99.5 Å². The van der Waals surface area contributed by atoms with E-state index in [1.165, 1.54) is 25.8 Å². The van der Waals surface area contributed by atoms with E-state index in [9.17, 15) is 0 Å². The Morgan fingerprint density at radius 1 is 1.31 bits per heavy atom. The maximum atomic E-state index is 5.47. The second kappa shape index (κ2) is 5.48. The predicted molar refractivity (Wildman–Crippen MR) is 66.6 cm³/mol. The molecule has 0 aromatic rings. The third kappa shape index (κ3) is 2.76. The average Bonchev–Trinajstić information content (AvgIpc) is 2.68. The summed E-state index contributed by atoms with van der Waals surface area (Å²) in [4.78, 5) is 2.57. The summed E-state index contributed by atoms with van der Waals surface area (Å²) in [7, 11) is 2.28. The van der Waals surface area contributed by atoms with Gasteiger partial charge in [0.1, 0.15) is 0 Å². The largest absolute Gasteiger partial charge is 0.380 e. The van der Waals surface area contributed by atoms with Gasteiger partial charge in [-0.1, -0.05) is 13.8 Å². The van der Waals surface area contributed by atoms with Crippen molar-refractivity contribution in [2.75, 3.05) is 26.8 Å². The van der Waals surface area contributed by atoms with Gasteiger partial charge in [0.05, 0.1) is 6.61 Å². The molecule has 2 rings (SSSR count). The second-order valence-corrected chi connectivity index (χ2v) is 5.65. The van der Waals surface area contributed by atoms with Gasteiger partial charge in [-0.15, -0.1) is 0 Å². The van der Waals surface area contributed by atoms with Gasteiger partial charge in [-0.2, -0.15) is 0 Å². The monoisotopic (exact) mass is 226 g/mol. The van der Waals surface area contributed by atoms with Crippen molar-refractivity contribution in [1.29, 1.82) is 0 Å². The topological polar surface area (TPSA) is 24.5 Å². The van der Waals surface area contributed by atoms with Crippen LogP contribution in [0.1, 0.15) is 33.1 Å². The Balaban J connectivity index is 1.76. The van der Waals surface area contributed by atoms with Crippen molar-refractivity contribution >= 4 is 0 Å². The van der Waals surface area contributed by atoms with Crippen LogP contribution < -0.4 is 5.32 Å². The van der Waals surface area contributed by atoms with Gasteiger partial charge >= 0.3 is 0 Å². The molecule has 0 aromatic carbocycles. The van der Waals surface area contributed by atoms with Crippen LogP contribution in [0.3, 0.4) is 0 Å². The highest BCUT2D eigenvalue weighted by Crippen LogP contribution is 2.33. The van der Waals surface area contributed by atoms with Crippen LogP contribution in [0.5, 0.6) is 0 Å². The van der Waals surface area contributed by atoms with E-state index in [2.05, 4.69) is 31.1 Å². The van der Waals surface area contributed by atoms with Crippen LogP contribution in [0.2, 0.25) is 0 Å². The van der Waals surface area contributed by atoms with E-state index in [4.69, 9.17) is 4.74 Å². The zero-order valence-electron chi connectivity index (χ0n) is 10.9. The Kier molecular flexibility index (Phi) is 4.22. The van der Waals surface area contributed by atoms with Crippen LogP contribution in [-0.2, 0) is 4.74 Å². The molecule has 2 aliphatic rings. The summed E-state index contributed by atoms with van der Waals surface area (Å²) in [5, 5.41) is 3.56. The number of hydrogen-bond acceptors (Lipinski definition) is 3. The zero-order valence-corrected chi connectivity index (χ0v) is 10.9. The van der Waals surface area contributed by atoms with Crippen molar-refractivity contribution in [2.24, 2.45) is 5.92 Å². The van der Waals surface area contributed by atoms with E-state index in [1.54, 1.807) is 0 Å². The quantitative estimate of drug-likeness (QED) is 0.768. The lowest BCUT2D eigenvalue weighted by Gasteiger charge is -2.45. The van der Waals surface area contributed by atoms with Crippen molar-refractivity contribution in [3.8, 4) is 0 Å². The Bertz CT molecular complexity index is 214. The smallest absolute Gasteiger partial charge is 0.0622 e. The summed E-state index contributed by atoms with van der Waals surface area (Å²) in [5.41, 5.74) is 0. The molecule has 1 saturated carbocycles. The highest BCUT2D eigenvalue weighted by atomic mass is 16.5. The summed E-state index contributed by atoms with van der Waals surface area (Å²) in [6.07, 6.45) is 3.98. The summed E-state index contributed by atoms with van der Waals surface area (Å²) >= 11 is 0. The molecule has 3 unspecified atom stereocenters. The van der Waals surface area contributed by atoms with Gasteiger partial charge in [-0.25, -0.2) is 0 Å². The number of rotatable bonds is 5. The van der Waals surface area contributed by atoms with Gasteiger partial charge in [0.15, 0.2) is 0 Å². The fraction of sp³-hybridized carbons (Fsp3) is 1.00. The van der Waals surface area contributed by atoms with Crippen LogP contribution >= 0.6 is 0 Å². The van der Waals surface area contributed by atoms with Crippen LogP contribution in [0.25, 0.3) is 0 Å². The third-order valence-electron chi connectivity index (χ3n) is 4.17. The minimum Gasteiger partial charge on any atom is -0.380 e. The maximum absolute atomic E-state index is 5.47. The number of nitrogens with one attached hydrogen (secondary N) is 1. The van der Waals surface area contributed by atoms with E-state index in [0.717, 1.165) is 25.2 Å². The molecule has 3 nitrogen and oxygen atoms in total. The van der Waals surface area contributed by atoms with Gasteiger partial charge in [-0.05, 0) is 38.8 Å². The van der Waals surface area contributed by atoms with E-state index < -0.39 is 0 Å². The molecule has 3 heteroatoms. The molecular weight excluding hydrogens is 200 g/mol. The lowest BCUT2D eigenvalue weighted by Crippen LogP contribution is -2.53. The molecule has 94 valence electrons. The molecule has 2 fully saturated rings. The van der Waals surface area contributed by atoms with Crippen molar-refractivity contribution in [2.45, 2.75) is 51.2 Å². The highest BCUT2D eigenvalue weighted by Gasteiger charge is 2.37. The van der Waals surface area contributed by atoms with Gasteiger partial charge < -0.3 is 10.1 Å². The summed E-state index contributed by atoms with van der Waals surface area (Å²) in [6.45, 7) is 7.53. The molecule has 0 spiro atoms. The minimum atomic E-state index is 0.612. The Hall–Kier alpha value is -0.120. The molecular formula is C13H26N2O. The Morgan fingerprint density at radius 2 is 2.12 bits per heavy atom. The molecule has 1 aliphatic carbocycles. The molecule has 16 heavy (non-hydrogen) atoms. The standard InChI is InChI=1S/C13H26N2O/c1-10(2)14-8-11-4-5-13(11)15(3)12-6-7-16-9-12/h10-14H,4-9H2,1-3H3. The first-order valence-corrected chi connectivity index (χ1v) is 6.71. The highest BCUT2D eigenvalue weighted by molar-refractivity contribution is 4.92. The van der Waals surface area contributed by atoms with E-state index in [0.29, 0.717) is 12.1 Å². The van der Waals surface area contributed by atoms with Crippen LogP contribution in [-0.4, -0.2) is 49.8 Å². The van der Waals surface area contributed by atoms with Crippen LogP contribution in [0.4, 0.5) is 0 Å². The number of nitrogens with zero attached hydrogens (tertiary/aromatic N) is 1. The predicted octanol–water partition coefficient (Wildman–Crippen LogP) is 1.48. The number of likely N-dealkylation sites (N-methyl/N-ethyl adjacent to an activating group) is 1. The fourth-order valence-electron chi connectivity index (χ4n) is 2.83. The Morgan fingerprint density at radius 3 is 2.62 bits per heavy atom. The average molecular weight is 226 g/mol. The van der Waals surface area contributed by atoms with E-state index in [1.807, 2.05) is 0 Å². The first-order valence-electron chi connectivity index (χ1n) is 6.71. The maximum Gasteiger partial charge on any atom is 0.0622 e. The van der Waals surface area contributed by atoms with Gasteiger partial charge in [0.2, 0.25) is 0 Å². The third-order valence-corrected chi connectivity index (χ3v) is 4.17. The number of hydrogen-bond donors (Lipinski definition) is 1. The molecule has 0 aromatic heterocycles. The molecule has 0 radical (unpaired) electrons. The van der Waals surface area contributed by atoms with E-state index in [-0.39, 0.29) is 0 Å². The molecule has 0 amide bonds. The van der Waals surface area contributed by atoms with Crippen LogP contribution in [0, 0.1) is 5.92 Å². The second-order valence-electron chi connectivity index (χ2n) is 5.65. The lowest BCUT2D eigenvalue weighted by atomic mass is 9.78. The number of ether oxygens (including phenoxy) is 1. The van der Waals surface area contributed by atoms with Crippen molar-refractivity contribution in [3.63, 3.8) is 0 Å². The lowest BCUT2D eigenvalue weighted by molar-refractivity contribution is 0.0430. The first kappa shape index (κ1) is 12.3. The molecule has 1 N–H and O–H groups in total. The molecule has 0 bridgehead atoms. The van der Waals surface area contributed by atoms with Gasteiger partial charge in [0.25, 0.3) is 0 Å². The molecule has 1 saturated heterocycles. The molecule has 1 aliphatic heterocycles. The molecule has 1 heterocycles. The van der Waals surface area contributed by atoms with Crippen molar-refractivity contribution < 1.29 is 4.74 Å². The summed E-state index contributed by atoms with van der Waals surface area (Å²) in [5.74, 6) is 0.855. The first-order chi connectivity index (χ1) is 7.68. The summed E-state index contributed by atoms with van der Waals surface area (Å²) in [6, 6.07) is 2.08. The van der Waals surface area contributed by atoms with Gasteiger partial charge in [0, 0.05) is 24.7 Å². The summed E-state index contributed by atoms with van der Waals surface area (Å²) < 4.78 is 5.47. The molecule has 3 atom stereocenters. The zero-order chi connectivity index (χ0) is 11.5. The SMILES string of the molecule is CC(C)NCC1CCC1N(C)C1CCOC1. The normalized spacial score (nSPS) is 34.7. The van der Waals surface area contributed by atoms with Crippen molar-refractivity contribution in [1.82, 2.24) is 10.2 Å². The van der Waals surface area contributed by atoms with Gasteiger partial charge in [-0.3, -0.25) is 4.90 Å². The fourth-order valence-corrected chi connectivity index (χ4v) is 2.83. The van der Waals surface area contributed by atoms with E-state index >= 15 is 0 Å².